The van der Waals surface area contributed by atoms with E-state index >= 15 is 0 Å². The SMILES string of the molecule is Nc1ncnc2c1c(-c1ccc(Oc3ccccc3)cc1)nn2-c1ccn(N2CN(c3ccc4c(c3)C(=O)N(C3CCC(=O)NC3=O)C4=O)C2)c1.O=C(O)C(F)(F)F. The van der Waals surface area contributed by atoms with Crippen LogP contribution < -0.4 is 25.7 Å². The van der Waals surface area contributed by atoms with Crippen molar-refractivity contribution in [3.63, 3.8) is 0 Å². The van der Waals surface area contributed by atoms with Gasteiger partial charge in [0.05, 0.1) is 28.4 Å². The molecule has 0 aliphatic carbocycles. The van der Waals surface area contributed by atoms with Gasteiger partial charge in [-0.25, -0.2) is 19.4 Å². The lowest BCUT2D eigenvalue weighted by Gasteiger charge is -2.45. The molecule has 0 bridgehead atoms. The van der Waals surface area contributed by atoms with Gasteiger partial charge in [-0.05, 0) is 67.1 Å². The molecule has 4 amide bonds. The van der Waals surface area contributed by atoms with E-state index in [2.05, 4.69) is 20.3 Å². The van der Waals surface area contributed by atoms with Crippen LogP contribution in [-0.2, 0) is 14.4 Å². The first-order valence-corrected chi connectivity index (χ1v) is 17.4. The number of nitrogens with one attached hydrogen (secondary N) is 1. The number of alkyl halides is 3. The number of amides is 4. The van der Waals surface area contributed by atoms with Crippen LogP contribution in [0.2, 0.25) is 0 Å². The van der Waals surface area contributed by atoms with Gasteiger partial charge in [0.15, 0.2) is 5.65 Å². The van der Waals surface area contributed by atoms with Crippen LogP contribution in [0.1, 0.15) is 33.6 Å². The lowest BCUT2D eigenvalue weighted by Crippen LogP contribution is -2.60. The van der Waals surface area contributed by atoms with Crippen molar-refractivity contribution < 1.29 is 47.0 Å². The molecule has 17 nitrogen and oxygen atoms in total. The summed E-state index contributed by atoms with van der Waals surface area (Å²) in [4.78, 5) is 71.1. The highest BCUT2D eigenvalue weighted by atomic mass is 19.4. The molecular formula is C38H29F3N10O7. The molecule has 58 heavy (non-hydrogen) atoms. The van der Waals surface area contributed by atoms with Crippen molar-refractivity contribution in [3.05, 3.63) is 109 Å². The topological polar surface area (TPSA) is 211 Å². The molecule has 0 spiro atoms. The van der Waals surface area contributed by atoms with Crippen molar-refractivity contribution in [3.8, 4) is 28.4 Å². The number of piperidine rings is 1. The Morgan fingerprint density at radius 3 is 2.26 bits per heavy atom. The average Bonchev–Trinajstić information content (AvgIpc) is 3.87. The number of carbonyl (C=O) groups is 5. The largest absolute Gasteiger partial charge is 0.490 e. The number of carboxylic acid groups (broad SMARTS) is 1. The number of ether oxygens (including phenoxy) is 1. The zero-order chi connectivity index (χ0) is 40.9. The molecule has 20 heteroatoms. The first kappa shape index (κ1) is 37.2. The minimum atomic E-state index is -5.08. The number of hydrogen-bond acceptors (Lipinski definition) is 12. The molecule has 6 aromatic rings. The summed E-state index contributed by atoms with van der Waals surface area (Å²) < 4.78 is 41.4. The van der Waals surface area contributed by atoms with E-state index in [-0.39, 0.29) is 24.0 Å². The van der Waals surface area contributed by atoms with E-state index in [0.717, 1.165) is 27.6 Å². The van der Waals surface area contributed by atoms with Gasteiger partial charge in [0.25, 0.3) is 11.8 Å². The monoisotopic (exact) mass is 794 g/mol. The van der Waals surface area contributed by atoms with E-state index in [4.69, 9.17) is 25.5 Å². The molecule has 6 heterocycles. The molecule has 1 atom stereocenters. The number of nitrogen functional groups attached to an aromatic ring is 1. The van der Waals surface area contributed by atoms with Crippen LogP contribution in [0, 0.1) is 0 Å². The van der Waals surface area contributed by atoms with Gasteiger partial charge < -0.3 is 20.5 Å². The third-order valence-electron chi connectivity index (χ3n) is 9.53. The molecule has 9 rings (SSSR count). The maximum Gasteiger partial charge on any atom is 0.490 e. The Morgan fingerprint density at radius 2 is 1.57 bits per heavy atom. The minimum absolute atomic E-state index is 0.0680. The van der Waals surface area contributed by atoms with E-state index in [9.17, 15) is 32.3 Å². The van der Waals surface area contributed by atoms with Crippen molar-refractivity contribution in [1.82, 2.24) is 34.6 Å². The van der Waals surface area contributed by atoms with E-state index in [1.807, 2.05) is 82.6 Å². The minimum Gasteiger partial charge on any atom is -0.475 e. The quantitative estimate of drug-likeness (QED) is 0.195. The number of aliphatic carboxylic acids is 1. The Kier molecular flexibility index (Phi) is 9.22. The predicted molar refractivity (Wildman–Crippen MR) is 198 cm³/mol. The van der Waals surface area contributed by atoms with Crippen LogP contribution in [0.15, 0.2) is 97.6 Å². The van der Waals surface area contributed by atoms with Gasteiger partial charge >= 0.3 is 12.1 Å². The number of carbonyl (C=O) groups excluding carboxylic acids is 4. The molecule has 0 saturated carbocycles. The van der Waals surface area contributed by atoms with E-state index in [0.29, 0.717) is 41.6 Å². The normalized spacial score (nSPS) is 16.5. The van der Waals surface area contributed by atoms with Crippen LogP contribution >= 0.6 is 0 Å². The Morgan fingerprint density at radius 1 is 0.879 bits per heavy atom. The van der Waals surface area contributed by atoms with Crippen molar-refractivity contribution in [2.24, 2.45) is 0 Å². The number of para-hydroxylation sites is 1. The lowest BCUT2D eigenvalue weighted by molar-refractivity contribution is -0.192. The summed E-state index contributed by atoms with van der Waals surface area (Å²) in [6.45, 7) is 1.01. The Bertz CT molecular complexity index is 2620. The van der Waals surface area contributed by atoms with Crippen LogP contribution in [0.25, 0.3) is 28.0 Å². The van der Waals surface area contributed by atoms with Crippen LogP contribution in [-0.4, -0.2) is 89.6 Å². The van der Waals surface area contributed by atoms with Gasteiger partial charge in [-0.1, -0.05) is 18.2 Å². The van der Waals surface area contributed by atoms with E-state index < -0.39 is 41.8 Å². The van der Waals surface area contributed by atoms with Crippen molar-refractivity contribution in [2.75, 3.05) is 29.0 Å². The molecule has 3 aromatic heterocycles. The number of anilines is 2. The average molecular weight is 795 g/mol. The second-order valence-corrected chi connectivity index (χ2v) is 13.2. The van der Waals surface area contributed by atoms with Crippen LogP contribution in [0.4, 0.5) is 24.7 Å². The molecule has 3 aromatic carbocycles. The molecule has 3 aliphatic rings. The Balaban J connectivity index is 0.000000617. The third kappa shape index (κ3) is 6.86. The molecule has 2 saturated heterocycles. The molecule has 294 valence electrons. The third-order valence-corrected chi connectivity index (χ3v) is 9.53. The van der Waals surface area contributed by atoms with E-state index in [1.54, 1.807) is 22.9 Å². The first-order chi connectivity index (χ1) is 27.8. The number of benzene rings is 3. The van der Waals surface area contributed by atoms with E-state index in [1.165, 1.54) is 6.33 Å². The molecule has 1 unspecified atom stereocenters. The summed E-state index contributed by atoms with van der Waals surface area (Å²) in [7, 11) is 0. The lowest BCUT2D eigenvalue weighted by atomic mass is 10.0. The van der Waals surface area contributed by atoms with Gasteiger partial charge in [-0.15, -0.1) is 0 Å². The number of hydrogen-bond donors (Lipinski definition) is 3. The number of nitrogens with zero attached hydrogens (tertiary/aromatic N) is 8. The van der Waals surface area contributed by atoms with Gasteiger partial charge in [-0.2, -0.15) is 18.3 Å². The summed E-state index contributed by atoms with van der Waals surface area (Å²) in [6.07, 6.45) is 0.364. The molecular weight excluding hydrogens is 765 g/mol. The van der Waals surface area contributed by atoms with Crippen molar-refractivity contribution in [2.45, 2.75) is 25.1 Å². The predicted octanol–water partition coefficient (Wildman–Crippen LogP) is 4.07. The van der Waals surface area contributed by atoms with Gasteiger partial charge in [0.2, 0.25) is 11.8 Å². The van der Waals surface area contributed by atoms with Gasteiger partial charge in [0, 0.05) is 23.9 Å². The summed E-state index contributed by atoms with van der Waals surface area (Å²) in [5.74, 6) is -3.13. The van der Waals surface area contributed by atoms with Crippen molar-refractivity contribution in [1.29, 1.82) is 0 Å². The molecule has 2 fully saturated rings. The van der Waals surface area contributed by atoms with Gasteiger partial charge in [0.1, 0.15) is 48.7 Å². The maximum atomic E-state index is 13.3. The number of halogens is 3. The number of carboxylic acids is 1. The smallest absolute Gasteiger partial charge is 0.475 e. The fourth-order valence-electron chi connectivity index (χ4n) is 6.66. The number of nitrogens with two attached hydrogens (primary N) is 1. The molecule has 4 N–H and O–H groups in total. The van der Waals surface area contributed by atoms with Crippen LogP contribution in [0.3, 0.4) is 0 Å². The maximum absolute atomic E-state index is 13.3. The standard InChI is InChI=1S/C36H28N10O5.C2HF3O2/c37-32-30-31(21-6-9-25(10-7-21)51-24-4-2-1-3-5-24)41-46(33(30)39-18-38-32)23-14-15-43(17-23)44-19-42(20-44)22-8-11-26-27(16-22)36(50)45(35(26)49)28-12-13-29(47)40-34(28)48;3-2(4,5)1(6)7/h1-11,14-18,28H,12-13,19-20H2,(H2,37,38,39)(H,40,47,48);(H,6,7). The second kappa shape index (κ2) is 14.4. The summed E-state index contributed by atoms with van der Waals surface area (Å²) in [6, 6.07) is 23.2. The molecule has 3 aliphatic heterocycles. The number of rotatable bonds is 7. The Hall–Kier alpha value is -7.77. The Labute approximate surface area is 324 Å². The highest BCUT2D eigenvalue weighted by Gasteiger charge is 2.45. The second-order valence-electron chi connectivity index (χ2n) is 13.2. The van der Waals surface area contributed by atoms with Crippen molar-refractivity contribution >= 4 is 52.1 Å². The number of aromatic nitrogens is 5. The zero-order valence-electron chi connectivity index (χ0n) is 29.8. The first-order valence-electron chi connectivity index (χ1n) is 17.4. The molecule has 0 radical (unpaired) electrons. The van der Waals surface area contributed by atoms with Crippen LogP contribution in [0.5, 0.6) is 11.5 Å². The summed E-state index contributed by atoms with van der Waals surface area (Å²) >= 11 is 0. The highest BCUT2D eigenvalue weighted by Crippen LogP contribution is 2.35. The summed E-state index contributed by atoms with van der Waals surface area (Å²) in [5.41, 5.74) is 10.4. The fourth-order valence-corrected chi connectivity index (χ4v) is 6.66. The highest BCUT2D eigenvalue weighted by molar-refractivity contribution is 6.23. The zero-order valence-corrected chi connectivity index (χ0v) is 29.8. The number of fused-ring (bicyclic) bond motifs is 2. The summed E-state index contributed by atoms with van der Waals surface area (Å²) in [5, 5.41) is 17.0. The van der Waals surface area contributed by atoms with Gasteiger partial charge in [-0.3, -0.25) is 39.1 Å². The fraction of sp³-hybridized carbons (Fsp3) is 0.158. The number of imide groups is 2.